The summed E-state index contributed by atoms with van der Waals surface area (Å²) in [5.74, 6) is 1.77. The van der Waals surface area contributed by atoms with Crippen molar-refractivity contribution in [2.24, 2.45) is 0 Å². The number of rotatable bonds is 4. The highest BCUT2D eigenvalue weighted by molar-refractivity contribution is 6.99. The monoisotopic (exact) mass is 698 g/mol. The van der Waals surface area contributed by atoms with E-state index in [2.05, 4.69) is 165 Å². The molecule has 0 fully saturated rings. The predicted molar refractivity (Wildman–Crippen MR) is 225 cm³/mol. The fourth-order valence-electron chi connectivity index (χ4n) is 9.18. The van der Waals surface area contributed by atoms with Gasteiger partial charge in [-0.2, -0.15) is 0 Å². The summed E-state index contributed by atoms with van der Waals surface area (Å²) in [5.41, 5.74) is 19.9. The maximum atomic E-state index is 7.20. The molecule has 11 rings (SSSR count). The summed E-state index contributed by atoms with van der Waals surface area (Å²) >= 11 is 0. The van der Waals surface area contributed by atoms with Crippen LogP contribution in [-0.4, -0.2) is 6.71 Å². The molecule has 1 aliphatic carbocycles. The molecule has 5 heteroatoms. The van der Waals surface area contributed by atoms with Gasteiger partial charge in [-0.05, 0) is 135 Å². The molecular weight excluding hydrogens is 659 g/mol. The lowest BCUT2D eigenvalue weighted by atomic mass is 9.34. The van der Waals surface area contributed by atoms with Crippen LogP contribution in [0.4, 0.5) is 34.1 Å². The smallest absolute Gasteiger partial charge is 0.256 e. The van der Waals surface area contributed by atoms with E-state index in [1.165, 1.54) is 61.8 Å². The zero-order valence-electron chi connectivity index (χ0n) is 31.0. The summed E-state index contributed by atoms with van der Waals surface area (Å²) in [4.78, 5) is 4.79. The summed E-state index contributed by atoms with van der Waals surface area (Å²) in [7, 11) is 0. The van der Waals surface area contributed by atoms with Crippen molar-refractivity contribution < 1.29 is 9.15 Å². The van der Waals surface area contributed by atoms with Crippen molar-refractivity contribution in [3.63, 3.8) is 0 Å². The van der Waals surface area contributed by atoms with Gasteiger partial charge in [0.15, 0.2) is 0 Å². The second kappa shape index (κ2) is 11.7. The Bertz CT molecular complexity index is 2770. The van der Waals surface area contributed by atoms with Crippen molar-refractivity contribution in [3.8, 4) is 11.5 Å². The van der Waals surface area contributed by atoms with Crippen molar-refractivity contribution in [2.45, 2.75) is 47.0 Å². The van der Waals surface area contributed by atoms with E-state index in [9.17, 15) is 0 Å². The average Bonchev–Trinajstić information content (AvgIpc) is 3.81. The largest absolute Gasteiger partial charge is 0.458 e. The third kappa shape index (κ3) is 4.70. The van der Waals surface area contributed by atoms with Crippen molar-refractivity contribution in [1.29, 1.82) is 0 Å². The van der Waals surface area contributed by atoms with E-state index in [1.54, 1.807) is 0 Å². The summed E-state index contributed by atoms with van der Waals surface area (Å²) in [6.07, 6.45) is 3.38. The van der Waals surface area contributed by atoms with E-state index in [0.29, 0.717) is 0 Å². The highest BCUT2D eigenvalue weighted by Gasteiger charge is 2.43. The number of benzene rings is 7. The van der Waals surface area contributed by atoms with Gasteiger partial charge in [-0.1, -0.05) is 82.9 Å². The Morgan fingerprint density at radius 1 is 0.556 bits per heavy atom. The molecule has 8 aromatic rings. The minimum atomic E-state index is -0.0417. The molecule has 0 amide bonds. The molecule has 3 aliphatic rings. The molecule has 0 radical (unpaired) electrons. The first-order valence-corrected chi connectivity index (χ1v) is 19.2. The van der Waals surface area contributed by atoms with E-state index in [4.69, 9.17) is 9.15 Å². The number of nitrogens with zero attached hydrogens (tertiary/aromatic N) is 2. The average molecular weight is 699 g/mol. The Morgan fingerprint density at radius 2 is 1.24 bits per heavy atom. The Labute approximate surface area is 316 Å². The molecule has 0 bridgehead atoms. The molecule has 0 atom stereocenters. The maximum Gasteiger partial charge on any atom is 0.256 e. The lowest BCUT2D eigenvalue weighted by Crippen LogP contribution is -2.59. The van der Waals surface area contributed by atoms with Crippen LogP contribution in [-0.2, 0) is 12.8 Å². The lowest BCUT2D eigenvalue weighted by Gasteiger charge is -2.41. The number of furan rings is 1. The van der Waals surface area contributed by atoms with Crippen LogP contribution in [0, 0.1) is 27.7 Å². The third-order valence-corrected chi connectivity index (χ3v) is 11.9. The number of anilines is 6. The fourth-order valence-corrected chi connectivity index (χ4v) is 9.18. The minimum Gasteiger partial charge on any atom is -0.458 e. The highest BCUT2D eigenvalue weighted by Crippen LogP contribution is 2.47. The molecule has 0 N–H and O–H groups in total. The summed E-state index contributed by atoms with van der Waals surface area (Å²) in [5, 5.41) is 2.29. The first-order chi connectivity index (χ1) is 26.4. The highest BCUT2D eigenvalue weighted by atomic mass is 16.5. The standard InChI is InChI=1S/C49H39BN2O2/c1-29-8-16-34(17-9-29)51(35-18-10-30(2)11-19-35)37-25-44-48-47(26-37)53-46-27-40-39-22-15-33-6-5-7-38(33)49(39)54-45(40)28-42(46)50(48)41-24-32(4)14-23-43(41)52(44)36-20-12-31(3)13-21-36/h8-28H,5-7H2,1-4H3. The van der Waals surface area contributed by atoms with Crippen LogP contribution in [0.5, 0.6) is 11.5 Å². The molecule has 0 saturated heterocycles. The predicted octanol–water partition coefficient (Wildman–Crippen LogP) is 11.2. The van der Waals surface area contributed by atoms with Gasteiger partial charge in [-0.25, -0.2) is 0 Å². The molecule has 1 aromatic heterocycles. The molecule has 7 aromatic carbocycles. The molecule has 0 spiro atoms. The van der Waals surface area contributed by atoms with Gasteiger partial charge in [0.2, 0.25) is 0 Å². The first-order valence-electron chi connectivity index (χ1n) is 19.2. The minimum absolute atomic E-state index is 0.0417. The number of ether oxygens (including phenoxy) is 1. The molecule has 260 valence electrons. The molecule has 0 unspecified atom stereocenters. The van der Waals surface area contributed by atoms with E-state index in [-0.39, 0.29) is 6.71 Å². The topological polar surface area (TPSA) is 28.9 Å². The van der Waals surface area contributed by atoms with Crippen LogP contribution >= 0.6 is 0 Å². The fraction of sp³-hybridized carbons (Fsp3) is 0.143. The van der Waals surface area contributed by atoms with Crippen LogP contribution in [0.25, 0.3) is 21.9 Å². The van der Waals surface area contributed by atoms with E-state index < -0.39 is 0 Å². The number of hydrogen-bond donors (Lipinski definition) is 0. The van der Waals surface area contributed by atoms with Crippen LogP contribution in [0.15, 0.2) is 132 Å². The Hall–Kier alpha value is -6.20. The Balaban J connectivity index is 1.20. The van der Waals surface area contributed by atoms with Gasteiger partial charge >= 0.3 is 0 Å². The lowest BCUT2D eigenvalue weighted by molar-refractivity contribution is 0.488. The SMILES string of the molecule is Cc1ccc(N(c2ccc(C)cc2)c2cc3c4c(c2)N(c2ccc(C)cc2)c2ccc(C)cc2B4c2cc4oc5c6c(ccc5c4cc2O3)CCC6)cc1. The third-order valence-electron chi connectivity index (χ3n) is 11.9. The normalized spacial score (nSPS) is 13.8. The quantitative estimate of drug-likeness (QED) is 0.171. The van der Waals surface area contributed by atoms with Crippen LogP contribution in [0.1, 0.15) is 39.8 Å². The van der Waals surface area contributed by atoms with Gasteiger partial charge in [0.25, 0.3) is 6.71 Å². The zero-order valence-corrected chi connectivity index (χ0v) is 31.0. The van der Waals surface area contributed by atoms with E-state index >= 15 is 0 Å². The summed E-state index contributed by atoms with van der Waals surface area (Å²) in [6, 6.07) is 47.1. The van der Waals surface area contributed by atoms with Crippen molar-refractivity contribution in [3.05, 3.63) is 161 Å². The second-order valence-electron chi connectivity index (χ2n) is 15.6. The maximum absolute atomic E-state index is 7.20. The van der Waals surface area contributed by atoms with Crippen LogP contribution in [0.3, 0.4) is 0 Å². The van der Waals surface area contributed by atoms with Gasteiger partial charge < -0.3 is 19.0 Å². The van der Waals surface area contributed by atoms with Crippen molar-refractivity contribution >= 4 is 79.2 Å². The zero-order chi connectivity index (χ0) is 36.2. The van der Waals surface area contributed by atoms with Gasteiger partial charge in [0.05, 0.1) is 5.69 Å². The van der Waals surface area contributed by atoms with Gasteiger partial charge in [0, 0.05) is 45.3 Å². The molecular formula is C49H39BN2O2. The van der Waals surface area contributed by atoms with Crippen LogP contribution in [0.2, 0.25) is 0 Å². The Morgan fingerprint density at radius 3 is 1.96 bits per heavy atom. The van der Waals surface area contributed by atoms with Gasteiger partial charge in [-0.3, -0.25) is 0 Å². The number of fused-ring (bicyclic) bond motifs is 9. The molecule has 2 aliphatic heterocycles. The molecule has 0 saturated carbocycles. The van der Waals surface area contributed by atoms with Crippen molar-refractivity contribution in [1.82, 2.24) is 0 Å². The summed E-state index contributed by atoms with van der Waals surface area (Å²) < 4.78 is 14.0. The molecule has 54 heavy (non-hydrogen) atoms. The van der Waals surface area contributed by atoms with Gasteiger partial charge in [-0.15, -0.1) is 0 Å². The first kappa shape index (κ1) is 31.3. The van der Waals surface area contributed by atoms with Crippen LogP contribution < -0.4 is 30.9 Å². The van der Waals surface area contributed by atoms with E-state index in [1.807, 2.05) is 0 Å². The van der Waals surface area contributed by atoms with Gasteiger partial charge in [0.1, 0.15) is 22.7 Å². The van der Waals surface area contributed by atoms with E-state index in [0.717, 1.165) is 74.8 Å². The molecule has 3 heterocycles. The summed E-state index contributed by atoms with van der Waals surface area (Å²) in [6.45, 7) is 8.58. The number of hydrogen-bond acceptors (Lipinski definition) is 4. The number of aryl methyl sites for hydroxylation is 6. The van der Waals surface area contributed by atoms with Crippen molar-refractivity contribution in [2.75, 3.05) is 9.80 Å². The second-order valence-corrected chi connectivity index (χ2v) is 15.6. The Kier molecular flexibility index (Phi) is 6.76. The molecule has 4 nitrogen and oxygen atoms in total.